The number of carbonyl (C=O) groups is 1. The fourth-order valence-electron chi connectivity index (χ4n) is 4.70. The highest BCUT2D eigenvalue weighted by Crippen LogP contribution is 2.58. The van der Waals surface area contributed by atoms with E-state index in [-0.39, 0.29) is 29.3 Å². The molecule has 3 aliphatic rings. The van der Waals surface area contributed by atoms with Gasteiger partial charge in [0.25, 0.3) is 0 Å². The van der Waals surface area contributed by atoms with Crippen LogP contribution in [0.25, 0.3) is 0 Å². The van der Waals surface area contributed by atoms with Crippen molar-refractivity contribution in [3.63, 3.8) is 0 Å². The Kier molecular flexibility index (Phi) is 2.44. The molecule has 0 aromatic heterocycles. The quantitative estimate of drug-likeness (QED) is 0.530. The molecule has 1 aliphatic heterocycles. The van der Waals surface area contributed by atoms with Crippen LogP contribution in [0.1, 0.15) is 46.0 Å². The molecule has 0 aromatic rings. The van der Waals surface area contributed by atoms with Gasteiger partial charge in [-0.05, 0) is 38.0 Å². The summed E-state index contributed by atoms with van der Waals surface area (Å²) < 4.78 is 5.55. The van der Waals surface area contributed by atoms with Crippen molar-refractivity contribution in [2.45, 2.75) is 57.7 Å². The molecule has 0 amide bonds. The molecule has 1 N–H and O–H groups in total. The molecule has 0 unspecified atom stereocenters. The second-order valence-electron chi connectivity index (χ2n) is 6.88. The summed E-state index contributed by atoms with van der Waals surface area (Å²) in [5.41, 5.74) is -0.00174. The van der Waals surface area contributed by atoms with E-state index in [0.717, 1.165) is 32.1 Å². The van der Waals surface area contributed by atoms with Gasteiger partial charge in [0.15, 0.2) is 0 Å². The fraction of sp³-hybridized carbons (Fsp3) is 0.800. The summed E-state index contributed by atoms with van der Waals surface area (Å²) in [4.78, 5) is 11.7. The van der Waals surface area contributed by atoms with Crippen LogP contribution >= 0.6 is 0 Å². The number of hydrogen-bond donors (Lipinski definition) is 1. The number of rotatable bonds is 0. The SMILES string of the molecule is C=C1C(=O)O[C@@H]2[C@@H]3[C@](C)(CCC[C@@]3(C)O)CC[C@@H]12. The minimum atomic E-state index is -0.721. The van der Waals surface area contributed by atoms with Crippen LogP contribution in [0.2, 0.25) is 0 Å². The maximum absolute atomic E-state index is 11.7. The summed E-state index contributed by atoms with van der Waals surface area (Å²) in [6.07, 6.45) is 4.87. The Labute approximate surface area is 108 Å². The first kappa shape index (κ1) is 12.2. The Morgan fingerprint density at radius 3 is 2.78 bits per heavy atom. The van der Waals surface area contributed by atoms with Gasteiger partial charge in [0.05, 0.1) is 5.60 Å². The van der Waals surface area contributed by atoms with Crippen LogP contribution < -0.4 is 0 Å². The number of esters is 1. The van der Waals surface area contributed by atoms with Gasteiger partial charge in [-0.25, -0.2) is 4.79 Å². The molecule has 3 heteroatoms. The van der Waals surface area contributed by atoms with Crippen LogP contribution in [0.4, 0.5) is 0 Å². The van der Waals surface area contributed by atoms with Crippen molar-refractivity contribution in [3.05, 3.63) is 12.2 Å². The van der Waals surface area contributed by atoms with Crippen molar-refractivity contribution >= 4 is 5.97 Å². The number of hydrogen-bond acceptors (Lipinski definition) is 3. The molecule has 0 aromatic carbocycles. The standard InChI is InChI=1S/C15H22O3/c1-9-10-5-8-14(2)6-4-7-15(3,17)12(14)11(10)18-13(9)16/h10-12,17H,1,4-8H2,2-3H3/t10-,11-,12+,14+,15+/m0/s1. The molecule has 2 saturated carbocycles. The zero-order valence-electron chi connectivity index (χ0n) is 11.2. The highest BCUT2D eigenvalue weighted by molar-refractivity contribution is 5.90. The molecule has 1 heterocycles. The molecule has 100 valence electrons. The van der Waals surface area contributed by atoms with Gasteiger partial charge >= 0.3 is 5.97 Å². The first-order chi connectivity index (χ1) is 8.35. The van der Waals surface area contributed by atoms with E-state index >= 15 is 0 Å². The third-order valence-electron chi connectivity index (χ3n) is 5.56. The van der Waals surface area contributed by atoms with Gasteiger partial charge in [-0.15, -0.1) is 0 Å². The van der Waals surface area contributed by atoms with Crippen molar-refractivity contribution in [3.8, 4) is 0 Å². The van der Waals surface area contributed by atoms with Crippen LogP contribution in [0.15, 0.2) is 12.2 Å². The highest BCUT2D eigenvalue weighted by Gasteiger charge is 2.60. The van der Waals surface area contributed by atoms with E-state index in [4.69, 9.17) is 4.74 Å². The molecule has 18 heavy (non-hydrogen) atoms. The van der Waals surface area contributed by atoms with E-state index < -0.39 is 5.60 Å². The van der Waals surface area contributed by atoms with Crippen LogP contribution in [0.3, 0.4) is 0 Å². The van der Waals surface area contributed by atoms with E-state index in [9.17, 15) is 9.90 Å². The minimum Gasteiger partial charge on any atom is -0.458 e. The number of fused-ring (bicyclic) bond motifs is 3. The number of aliphatic hydroxyl groups is 1. The summed E-state index contributed by atoms with van der Waals surface area (Å²) in [7, 11) is 0. The Bertz CT molecular complexity index is 412. The molecular formula is C15H22O3. The average molecular weight is 250 g/mol. The number of carbonyl (C=O) groups excluding carboxylic acids is 1. The van der Waals surface area contributed by atoms with E-state index in [1.165, 1.54) is 0 Å². The van der Waals surface area contributed by atoms with E-state index in [1.807, 2.05) is 6.92 Å². The molecule has 3 fully saturated rings. The van der Waals surface area contributed by atoms with Crippen molar-refractivity contribution in [1.82, 2.24) is 0 Å². The molecule has 5 atom stereocenters. The van der Waals surface area contributed by atoms with Crippen LogP contribution in [-0.4, -0.2) is 22.8 Å². The first-order valence-electron chi connectivity index (χ1n) is 6.97. The lowest BCUT2D eigenvalue weighted by Crippen LogP contribution is -2.57. The van der Waals surface area contributed by atoms with Gasteiger partial charge in [-0.2, -0.15) is 0 Å². The third-order valence-corrected chi connectivity index (χ3v) is 5.56. The minimum absolute atomic E-state index is 0.0562. The predicted molar refractivity (Wildman–Crippen MR) is 67.8 cm³/mol. The highest BCUT2D eigenvalue weighted by atomic mass is 16.6. The Hall–Kier alpha value is -0.830. The monoisotopic (exact) mass is 250 g/mol. The zero-order chi connectivity index (χ0) is 13.1. The Morgan fingerprint density at radius 1 is 1.33 bits per heavy atom. The smallest absolute Gasteiger partial charge is 0.334 e. The summed E-state index contributed by atoms with van der Waals surface area (Å²) in [6.45, 7) is 8.03. The van der Waals surface area contributed by atoms with Crippen molar-refractivity contribution in [1.29, 1.82) is 0 Å². The molecule has 0 bridgehead atoms. The zero-order valence-corrected chi connectivity index (χ0v) is 11.2. The van der Waals surface area contributed by atoms with Crippen molar-refractivity contribution in [2.24, 2.45) is 17.3 Å². The predicted octanol–water partition coefficient (Wildman–Crippen LogP) is 2.44. The molecule has 2 aliphatic carbocycles. The summed E-state index contributed by atoms with van der Waals surface area (Å²) in [5.74, 6) is -0.0727. The molecule has 0 radical (unpaired) electrons. The maximum atomic E-state index is 11.7. The van der Waals surface area contributed by atoms with E-state index in [1.54, 1.807) is 0 Å². The lowest BCUT2D eigenvalue weighted by molar-refractivity contribution is -0.181. The van der Waals surface area contributed by atoms with Gasteiger partial charge in [0, 0.05) is 17.4 Å². The second kappa shape index (κ2) is 3.60. The lowest BCUT2D eigenvalue weighted by Gasteiger charge is -2.55. The molecule has 3 rings (SSSR count). The average Bonchev–Trinajstić information content (AvgIpc) is 2.52. The molecule has 0 spiro atoms. The fourth-order valence-corrected chi connectivity index (χ4v) is 4.70. The molecule has 1 saturated heterocycles. The van der Waals surface area contributed by atoms with Gasteiger partial charge in [0.2, 0.25) is 0 Å². The summed E-state index contributed by atoms with van der Waals surface area (Å²) >= 11 is 0. The Morgan fingerprint density at radius 2 is 2.06 bits per heavy atom. The Balaban J connectivity index is 2.00. The largest absolute Gasteiger partial charge is 0.458 e. The van der Waals surface area contributed by atoms with Gasteiger partial charge in [0.1, 0.15) is 6.10 Å². The first-order valence-corrected chi connectivity index (χ1v) is 6.97. The molecular weight excluding hydrogens is 228 g/mol. The molecule has 3 nitrogen and oxygen atoms in total. The maximum Gasteiger partial charge on any atom is 0.334 e. The van der Waals surface area contributed by atoms with Crippen LogP contribution in [-0.2, 0) is 9.53 Å². The lowest BCUT2D eigenvalue weighted by atomic mass is 9.52. The third kappa shape index (κ3) is 1.49. The van der Waals surface area contributed by atoms with E-state index in [2.05, 4.69) is 13.5 Å². The van der Waals surface area contributed by atoms with Gasteiger partial charge in [-0.3, -0.25) is 0 Å². The van der Waals surface area contributed by atoms with Gasteiger partial charge < -0.3 is 9.84 Å². The summed E-state index contributed by atoms with van der Waals surface area (Å²) in [6, 6.07) is 0. The van der Waals surface area contributed by atoms with Crippen molar-refractivity contribution < 1.29 is 14.6 Å². The van der Waals surface area contributed by atoms with Crippen LogP contribution in [0, 0.1) is 17.3 Å². The van der Waals surface area contributed by atoms with E-state index in [0.29, 0.717) is 5.57 Å². The second-order valence-corrected chi connectivity index (χ2v) is 6.88. The normalized spacial score (nSPS) is 51.6. The summed E-state index contributed by atoms with van der Waals surface area (Å²) in [5, 5.41) is 10.7. The van der Waals surface area contributed by atoms with Crippen LogP contribution in [0.5, 0.6) is 0 Å². The topological polar surface area (TPSA) is 46.5 Å². The van der Waals surface area contributed by atoms with Crippen molar-refractivity contribution in [2.75, 3.05) is 0 Å². The van der Waals surface area contributed by atoms with Gasteiger partial charge in [-0.1, -0.05) is 19.9 Å². The number of ether oxygens (including phenoxy) is 1.